The van der Waals surface area contributed by atoms with Crippen molar-refractivity contribution in [3.05, 3.63) is 29.8 Å². The van der Waals surface area contributed by atoms with Crippen LogP contribution in [0.15, 0.2) is 29.2 Å². The summed E-state index contributed by atoms with van der Waals surface area (Å²) in [6, 6.07) is 6.99. The van der Waals surface area contributed by atoms with Gasteiger partial charge in [0.2, 0.25) is 10.0 Å². The van der Waals surface area contributed by atoms with Crippen LogP contribution in [0, 0.1) is 12.8 Å². The number of aryl methyl sites for hydroxylation is 1. The Kier molecular flexibility index (Phi) is 5.78. The fourth-order valence-electron chi connectivity index (χ4n) is 1.71. The van der Waals surface area contributed by atoms with Crippen LogP contribution in [0.1, 0.15) is 25.3 Å². The van der Waals surface area contributed by atoms with Crippen molar-refractivity contribution < 1.29 is 8.42 Å². The molecule has 0 amide bonds. The number of nitrogens with two attached hydrogens (primary N) is 1. The van der Waals surface area contributed by atoms with Crippen LogP contribution >= 0.6 is 0 Å². The molecule has 0 saturated heterocycles. The topological polar surface area (TPSA) is 72.2 Å². The molecule has 3 N–H and O–H groups in total. The van der Waals surface area contributed by atoms with Gasteiger partial charge in [-0.3, -0.25) is 0 Å². The fraction of sp³-hybridized carbons (Fsp3) is 0.538. The SMILES string of the molecule is Cc1ccccc1S(=O)(=O)NCCCC(C)CN. The van der Waals surface area contributed by atoms with Crippen LogP contribution in [-0.2, 0) is 10.0 Å². The largest absolute Gasteiger partial charge is 0.330 e. The summed E-state index contributed by atoms with van der Waals surface area (Å²) in [6.07, 6.45) is 1.75. The van der Waals surface area contributed by atoms with Gasteiger partial charge in [-0.05, 0) is 43.9 Å². The molecule has 1 aromatic rings. The summed E-state index contributed by atoms with van der Waals surface area (Å²) >= 11 is 0. The third-order valence-electron chi connectivity index (χ3n) is 2.95. The molecule has 1 rings (SSSR count). The highest BCUT2D eigenvalue weighted by Gasteiger charge is 2.15. The maximum Gasteiger partial charge on any atom is 0.240 e. The van der Waals surface area contributed by atoms with Gasteiger partial charge in [-0.2, -0.15) is 0 Å². The molecule has 18 heavy (non-hydrogen) atoms. The van der Waals surface area contributed by atoms with E-state index in [1.165, 1.54) is 0 Å². The van der Waals surface area contributed by atoms with Crippen molar-refractivity contribution >= 4 is 10.0 Å². The van der Waals surface area contributed by atoms with Crippen molar-refractivity contribution in [2.24, 2.45) is 11.7 Å². The summed E-state index contributed by atoms with van der Waals surface area (Å²) in [7, 11) is -3.38. The summed E-state index contributed by atoms with van der Waals surface area (Å²) in [6.45, 7) is 4.96. The molecule has 1 aromatic carbocycles. The zero-order valence-electron chi connectivity index (χ0n) is 11.0. The summed E-state index contributed by atoms with van der Waals surface area (Å²) in [5.41, 5.74) is 6.28. The molecule has 0 radical (unpaired) electrons. The number of sulfonamides is 1. The Morgan fingerprint density at radius 1 is 1.33 bits per heavy atom. The molecule has 0 aromatic heterocycles. The fourth-order valence-corrected chi connectivity index (χ4v) is 3.03. The van der Waals surface area contributed by atoms with E-state index in [0.717, 1.165) is 18.4 Å². The minimum absolute atomic E-state index is 0.358. The Morgan fingerprint density at radius 2 is 2.00 bits per heavy atom. The van der Waals surface area contributed by atoms with Gasteiger partial charge in [0.25, 0.3) is 0 Å². The predicted octanol–water partition coefficient (Wildman–Crippen LogP) is 1.65. The molecule has 0 aliphatic rings. The molecule has 0 saturated carbocycles. The highest BCUT2D eigenvalue weighted by atomic mass is 32.2. The first-order valence-corrected chi connectivity index (χ1v) is 7.71. The molecule has 5 heteroatoms. The summed E-state index contributed by atoms with van der Waals surface area (Å²) in [5, 5.41) is 0. The van der Waals surface area contributed by atoms with Crippen molar-refractivity contribution in [2.45, 2.75) is 31.6 Å². The van der Waals surface area contributed by atoms with E-state index in [1.807, 2.05) is 6.07 Å². The molecule has 0 fully saturated rings. The molecule has 1 unspecified atom stereocenters. The third-order valence-corrected chi connectivity index (χ3v) is 4.57. The monoisotopic (exact) mass is 270 g/mol. The van der Waals surface area contributed by atoms with E-state index in [0.29, 0.717) is 23.9 Å². The Balaban J connectivity index is 2.54. The van der Waals surface area contributed by atoms with Crippen molar-refractivity contribution in [2.75, 3.05) is 13.1 Å². The molecule has 0 bridgehead atoms. The molecule has 102 valence electrons. The summed E-state index contributed by atoms with van der Waals surface area (Å²) in [4.78, 5) is 0.358. The van der Waals surface area contributed by atoms with Gasteiger partial charge < -0.3 is 5.73 Å². The molecular formula is C13H22N2O2S. The predicted molar refractivity (Wildman–Crippen MR) is 73.8 cm³/mol. The number of hydrogen-bond acceptors (Lipinski definition) is 3. The van der Waals surface area contributed by atoms with Crippen molar-refractivity contribution in [3.8, 4) is 0 Å². The van der Waals surface area contributed by atoms with E-state index in [-0.39, 0.29) is 0 Å². The Bertz CT molecular complexity index is 472. The second-order valence-electron chi connectivity index (χ2n) is 4.65. The van der Waals surface area contributed by atoms with Crippen LogP contribution in [0.2, 0.25) is 0 Å². The van der Waals surface area contributed by atoms with Crippen LogP contribution < -0.4 is 10.5 Å². The van der Waals surface area contributed by atoms with Crippen LogP contribution in [0.5, 0.6) is 0 Å². The quantitative estimate of drug-likeness (QED) is 0.740. The molecular weight excluding hydrogens is 248 g/mol. The number of hydrogen-bond donors (Lipinski definition) is 2. The smallest absolute Gasteiger partial charge is 0.240 e. The van der Waals surface area contributed by atoms with E-state index in [9.17, 15) is 8.42 Å². The molecule has 1 atom stereocenters. The first kappa shape index (κ1) is 15.1. The molecule has 0 heterocycles. The normalized spacial score (nSPS) is 13.5. The van der Waals surface area contributed by atoms with Gasteiger partial charge in [0, 0.05) is 6.54 Å². The average Bonchev–Trinajstić information content (AvgIpc) is 2.34. The lowest BCUT2D eigenvalue weighted by Gasteiger charge is -2.10. The van der Waals surface area contributed by atoms with Crippen molar-refractivity contribution in [3.63, 3.8) is 0 Å². The summed E-state index contributed by atoms with van der Waals surface area (Å²) < 4.78 is 26.7. The van der Waals surface area contributed by atoms with E-state index < -0.39 is 10.0 Å². The van der Waals surface area contributed by atoms with Gasteiger partial charge >= 0.3 is 0 Å². The number of nitrogens with one attached hydrogen (secondary N) is 1. The van der Waals surface area contributed by atoms with Gasteiger partial charge in [0.1, 0.15) is 0 Å². The van der Waals surface area contributed by atoms with Crippen LogP contribution in [0.4, 0.5) is 0 Å². The van der Waals surface area contributed by atoms with E-state index in [2.05, 4.69) is 11.6 Å². The zero-order chi connectivity index (χ0) is 13.6. The number of benzene rings is 1. The van der Waals surface area contributed by atoms with Crippen LogP contribution in [0.25, 0.3) is 0 Å². The molecule has 4 nitrogen and oxygen atoms in total. The lowest BCUT2D eigenvalue weighted by Crippen LogP contribution is -2.26. The first-order valence-electron chi connectivity index (χ1n) is 6.22. The maximum atomic E-state index is 12.0. The van der Waals surface area contributed by atoms with Gasteiger partial charge in [0.05, 0.1) is 4.90 Å². The van der Waals surface area contributed by atoms with E-state index >= 15 is 0 Å². The third kappa shape index (κ3) is 4.40. The second-order valence-corrected chi connectivity index (χ2v) is 6.38. The van der Waals surface area contributed by atoms with E-state index in [1.54, 1.807) is 25.1 Å². The second kappa shape index (κ2) is 6.87. The molecule has 0 aliphatic carbocycles. The van der Waals surface area contributed by atoms with Crippen LogP contribution in [-0.4, -0.2) is 21.5 Å². The minimum Gasteiger partial charge on any atom is -0.330 e. The summed E-state index contributed by atoms with van der Waals surface area (Å²) in [5.74, 6) is 0.438. The Hall–Kier alpha value is -0.910. The van der Waals surface area contributed by atoms with Crippen molar-refractivity contribution in [1.82, 2.24) is 4.72 Å². The maximum absolute atomic E-state index is 12.0. The average molecular weight is 270 g/mol. The molecule has 0 aliphatic heterocycles. The van der Waals surface area contributed by atoms with Gasteiger partial charge in [0.15, 0.2) is 0 Å². The minimum atomic E-state index is -3.38. The standard InChI is InChI=1S/C13H22N2O2S/c1-11(10-14)6-5-9-15-18(16,17)13-8-4-3-7-12(13)2/h3-4,7-8,11,15H,5-6,9-10,14H2,1-2H3. The lowest BCUT2D eigenvalue weighted by molar-refractivity contribution is 0.513. The van der Waals surface area contributed by atoms with Crippen LogP contribution in [0.3, 0.4) is 0 Å². The highest BCUT2D eigenvalue weighted by Crippen LogP contribution is 2.13. The van der Waals surface area contributed by atoms with Crippen molar-refractivity contribution in [1.29, 1.82) is 0 Å². The van der Waals surface area contributed by atoms with Gasteiger partial charge in [-0.15, -0.1) is 0 Å². The Morgan fingerprint density at radius 3 is 2.61 bits per heavy atom. The zero-order valence-corrected chi connectivity index (χ0v) is 11.8. The highest BCUT2D eigenvalue weighted by molar-refractivity contribution is 7.89. The lowest BCUT2D eigenvalue weighted by atomic mass is 10.1. The Labute approximate surface area is 110 Å². The van der Waals surface area contributed by atoms with Gasteiger partial charge in [-0.1, -0.05) is 25.1 Å². The van der Waals surface area contributed by atoms with Gasteiger partial charge in [-0.25, -0.2) is 13.1 Å². The number of rotatable bonds is 7. The first-order chi connectivity index (χ1) is 8.47. The van der Waals surface area contributed by atoms with E-state index in [4.69, 9.17) is 5.73 Å². The molecule has 0 spiro atoms.